The van der Waals surface area contributed by atoms with Crippen LogP contribution >= 0.6 is 0 Å². The number of esters is 1. The van der Waals surface area contributed by atoms with Crippen LogP contribution in [0, 0.1) is 0 Å². The van der Waals surface area contributed by atoms with Crippen LogP contribution in [0.3, 0.4) is 0 Å². The number of hydrogen-bond acceptors (Lipinski definition) is 3. The molecule has 2 rings (SSSR count). The van der Waals surface area contributed by atoms with E-state index in [1.165, 1.54) is 31.5 Å². The van der Waals surface area contributed by atoms with Crippen LogP contribution in [0.4, 0.5) is 0 Å². The Balaban J connectivity index is 1.96. The van der Waals surface area contributed by atoms with Gasteiger partial charge in [0.1, 0.15) is 0 Å². The normalized spacial score (nSPS) is 17.4. The van der Waals surface area contributed by atoms with Gasteiger partial charge in [-0.25, -0.2) is 4.79 Å². The van der Waals surface area contributed by atoms with Crippen molar-refractivity contribution in [3.63, 3.8) is 0 Å². The molecular formula is C17H25NO2. The smallest absolute Gasteiger partial charge is 0.338 e. The Hall–Kier alpha value is -1.35. The summed E-state index contributed by atoms with van der Waals surface area (Å²) in [6.45, 7) is 9.11. The Morgan fingerprint density at radius 1 is 1.25 bits per heavy atom. The zero-order valence-electron chi connectivity index (χ0n) is 12.8. The Bertz CT molecular complexity index is 431. The van der Waals surface area contributed by atoms with E-state index in [0.717, 1.165) is 0 Å². The third-order valence-electron chi connectivity index (χ3n) is 4.15. The van der Waals surface area contributed by atoms with E-state index in [9.17, 15) is 4.79 Å². The monoisotopic (exact) mass is 275 g/mol. The van der Waals surface area contributed by atoms with Crippen LogP contribution in [0.15, 0.2) is 24.3 Å². The SMILES string of the molecule is CCOC(=O)c1ccc(C2CCN(C(C)C)CC2)cc1. The predicted molar refractivity (Wildman–Crippen MR) is 81.1 cm³/mol. The maximum Gasteiger partial charge on any atom is 0.338 e. The number of carbonyl (C=O) groups excluding carboxylic acids is 1. The number of ether oxygens (including phenoxy) is 1. The molecule has 1 aliphatic rings. The maximum absolute atomic E-state index is 11.6. The van der Waals surface area contributed by atoms with Crippen molar-refractivity contribution in [2.75, 3.05) is 19.7 Å². The number of likely N-dealkylation sites (tertiary alicyclic amines) is 1. The fraction of sp³-hybridized carbons (Fsp3) is 0.588. The molecule has 0 aromatic heterocycles. The second kappa shape index (κ2) is 6.89. The minimum Gasteiger partial charge on any atom is -0.462 e. The molecule has 0 saturated carbocycles. The van der Waals surface area contributed by atoms with Gasteiger partial charge in [-0.05, 0) is 70.3 Å². The summed E-state index contributed by atoms with van der Waals surface area (Å²) in [5.74, 6) is 0.398. The summed E-state index contributed by atoms with van der Waals surface area (Å²) in [5, 5.41) is 0. The van der Waals surface area contributed by atoms with Crippen LogP contribution in [0.1, 0.15) is 55.5 Å². The Morgan fingerprint density at radius 3 is 2.35 bits per heavy atom. The van der Waals surface area contributed by atoms with Gasteiger partial charge in [-0.2, -0.15) is 0 Å². The average Bonchev–Trinajstić information content (AvgIpc) is 2.48. The van der Waals surface area contributed by atoms with Gasteiger partial charge >= 0.3 is 5.97 Å². The summed E-state index contributed by atoms with van der Waals surface area (Å²) in [6.07, 6.45) is 2.41. The minimum atomic E-state index is -0.228. The van der Waals surface area contributed by atoms with Gasteiger partial charge in [0.2, 0.25) is 0 Å². The van der Waals surface area contributed by atoms with Crippen molar-refractivity contribution < 1.29 is 9.53 Å². The summed E-state index contributed by atoms with van der Waals surface area (Å²) in [7, 11) is 0. The summed E-state index contributed by atoms with van der Waals surface area (Å²) in [4.78, 5) is 14.2. The van der Waals surface area contributed by atoms with Crippen LogP contribution in [0.25, 0.3) is 0 Å². The molecule has 1 aromatic carbocycles. The average molecular weight is 275 g/mol. The first-order valence-electron chi connectivity index (χ1n) is 7.63. The van der Waals surface area contributed by atoms with Crippen LogP contribution in [0.2, 0.25) is 0 Å². The van der Waals surface area contributed by atoms with E-state index in [4.69, 9.17) is 4.74 Å². The molecule has 1 heterocycles. The third-order valence-corrected chi connectivity index (χ3v) is 4.15. The number of hydrogen-bond donors (Lipinski definition) is 0. The van der Waals surface area contributed by atoms with Gasteiger partial charge in [0.05, 0.1) is 12.2 Å². The standard InChI is InChI=1S/C17H25NO2/c1-4-20-17(19)16-7-5-14(6-8-16)15-9-11-18(12-10-15)13(2)3/h5-8,13,15H,4,9-12H2,1-3H3. The quantitative estimate of drug-likeness (QED) is 0.788. The first-order chi connectivity index (χ1) is 9.61. The highest BCUT2D eigenvalue weighted by Gasteiger charge is 2.22. The van der Waals surface area contributed by atoms with Crippen molar-refractivity contribution in [2.45, 2.75) is 45.6 Å². The number of benzene rings is 1. The maximum atomic E-state index is 11.6. The lowest BCUT2D eigenvalue weighted by Gasteiger charge is -2.34. The molecule has 0 unspecified atom stereocenters. The molecule has 20 heavy (non-hydrogen) atoms. The Morgan fingerprint density at radius 2 is 1.85 bits per heavy atom. The number of rotatable bonds is 4. The van der Waals surface area contributed by atoms with E-state index in [2.05, 4.69) is 30.9 Å². The highest BCUT2D eigenvalue weighted by atomic mass is 16.5. The molecule has 0 radical (unpaired) electrons. The molecule has 0 amide bonds. The molecule has 0 N–H and O–H groups in total. The Kier molecular flexibility index (Phi) is 5.18. The van der Waals surface area contributed by atoms with Crippen molar-refractivity contribution in [2.24, 2.45) is 0 Å². The minimum absolute atomic E-state index is 0.228. The van der Waals surface area contributed by atoms with Crippen LogP contribution in [-0.4, -0.2) is 36.6 Å². The molecular weight excluding hydrogens is 250 g/mol. The molecule has 0 atom stereocenters. The van der Waals surface area contributed by atoms with Crippen molar-refractivity contribution in [3.8, 4) is 0 Å². The second-order valence-corrected chi connectivity index (χ2v) is 5.75. The zero-order valence-corrected chi connectivity index (χ0v) is 12.8. The van der Waals surface area contributed by atoms with Crippen molar-refractivity contribution in [3.05, 3.63) is 35.4 Å². The van der Waals surface area contributed by atoms with E-state index in [1.54, 1.807) is 0 Å². The molecule has 0 bridgehead atoms. The summed E-state index contributed by atoms with van der Waals surface area (Å²) >= 11 is 0. The van der Waals surface area contributed by atoms with E-state index in [0.29, 0.717) is 24.1 Å². The summed E-state index contributed by atoms with van der Waals surface area (Å²) in [5.41, 5.74) is 2.00. The zero-order chi connectivity index (χ0) is 14.5. The van der Waals surface area contributed by atoms with Crippen LogP contribution < -0.4 is 0 Å². The second-order valence-electron chi connectivity index (χ2n) is 5.75. The molecule has 3 nitrogen and oxygen atoms in total. The lowest BCUT2D eigenvalue weighted by molar-refractivity contribution is 0.0526. The third kappa shape index (κ3) is 3.60. The number of piperidine rings is 1. The van der Waals surface area contributed by atoms with Crippen LogP contribution in [-0.2, 0) is 4.74 Å². The van der Waals surface area contributed by atoms with Gasteiger partial charge in [-0.3, -0.25) is 0 Å². The molecule has 1 fully saturated rings. The first kappa shape index (κ1) is 15.0. The van der Waals surface area contributed by atoms with Crippen molar-refractivity contribution >= 4 is 5.97 Å². The summed E-state index contributed by atoms with van der Waals surface area (Å²) < 4.78 is 5.01. The van der Waals surface area contributed by atoms with Gasteiger partial charge < -0.3 is 9.64 Å². The van der Waals surface area contributed by atoms with E-state index >= 15 is 0 Å². The Labute approximate surface area is 121 Å². The van der Waals surface area contributed by atoms with E-state index in [-0.39, 0.29) is 5.97 Å². The van der Waals surface area contributed by atoms with Gasteiger partial charge in [-0.15, -0.1) is 0 Å². The fourth-order valence-electron chi connectivity index (χ4n) is 2.85. The van der Waals surface area contributed by atoms with Gasteiger partial charge in [0.25, 0.3) is 0 Å². The summed E-state index contributed by atoms with van der Waals surface area (Å²) in [6, 6.07) is 8.59. The van der Waals surface area contributed by atoms with E-state index < -0.39 is 0 Å². The predicted octanol–water partition coefficient (Wildman–Crippen LogP) is 3.45. The highest BCUT2D eigenvalue weighted by molar-refractivity contribution is 5.89. The molecule has 1 aliphatic heterocycles. The molecule has 110 valence electrons. The first-order valence-corrected chi connectivity index (χ1v) is 7.63. The number of carbonyl (C=O) groups is 1. The molecule has 1 saturated heterocycles. The molecule has 3 heteroatoms. The molecule has 1 aromatic rings. The van der Waals surface area contributed by atoms with E-state index in [1.807, 2.05) is 19.1 Å². The lowest BCUT2D eigenvalue weighted by Crippen LogP contribution is -2.37. The molecule has 0 aliphatic carbocycles. The van der Waals surface area contributed by atoms with Gasteiger partial charge in [0, 0.05) is 6.04 Å². The van der Waals surface area contributed by atoms with Crippen LogP contribution in [0.5, 0.6) is 0 Å². The largest absolute Gasteiger partial charge is 0.462 e. The topological polar surface area (TPSA) is 29.5 Å². The van der Waals surface area contributed by atoms with Crippen molar-refractivity contribution in [1.29, 1.82) is 0 Å². The van der Waals surface area contributed by atoms with Gasteiger partial charge in [0.15, 0.2) is 0 Å². The van der Waals surface area contributed by atoms with Crippen molar-refractivity contribution in [1.82, 2.24) is 4.90 Å². The fourth-order valence-corrected chi connectivity index (χ4v) is 2.85. The lowest BCUT2D eigenvalue weighted by atomic mass is 9.88. The highest BCUT2D eigenvalue weighted by Crippen LogP contribution is 2.28. The number of nitrogens with zero attached hydrogens (tertiary/aromatic N) is 1. The molecule has 0 spiro atoms. The van der Waals surface area contributed by atoms with Gasteiger partial charge in [-0.1, -0.05) is 12.1 Å².